The number of hydrogen-bond donors (Lipinski definition) is 1. The zero-order valence-electron chi connectivity index (χ0n) is 12.1. The molecule has 0 aromatic heterocycles. The fourth-order valence-corrected chi connectivity index (χ4v) is 1.08. The van der Waals surface area contributed by atoms with Crippen molar-refractivity contribution in [2.24, 2.45) is 0 Å². The highest BCUT2D eigenvalue weighted by molar-refractivity contribution is 5.78. The van der Waals surface area contributed by atoms with Crippen LogP contribution in [0.2, 0.25) is 0 Å². The summed E-state index contributed by atoms with van der Waals surface area (Å²) in [6.07, 6.45) is 2.14. The zero-order chi connectivity index (χ0) is 14.9. The van der Waals surface area contributed by atoms with Crippen LogP contribution in [0.25, 0.3) is 0 Å². The van der Waals surface area contributed by atoms with Gasteiger partial charge in [-0.3, -0.25) is 4.79 Å². The van der Waals surface area contributed by atoms with Crippen molar-refractivity contribution >= 4 is 12.1 Å². The summed E-state index contributed by atoms with van der Waals surface area (Å²) in [5.74, 6) is 4.81. The summed E-state index contributed by atoms with van der Waals surface area (Å²) in [6.45, 7) is 8.42. The topological polar surface area (TPSA) is 64.6 Å². The maximum atomic E-state index is 11.5. The standard InChI is InChI=1S/C14H21NO4/c1-6-8-11(9-7-2)18-12(16)10-15-13(17)19-14(3,4)5/h6,8,11H,10H2,1-5H3,(H,15,17)/b8-6+. The first kappa shape index (κ1) is 17.0. The molecule has 0 heterocycles. The number of carbonyl (C=O) groups excluding carboxylic acids is 2. The van der Waals surface area contributed by atoms with Crippen molar-refractivity contribution < 1.29 is 19.1 Å². The molecule has 19 heavy (non-hydrogen) atoms. The van der Waals surface area contributed by atoms with E-state index in [1.54, 1.807) is 46.8 Å². The summed E-state index contributed by atoms with van der Waals surface area (Å²) in [7, 11) is 0. The first-order valence-corrected chi connectivity index (χ1v) is 6.00. The lowest BCUT2D eigenvalue weighted by Gasteiger charge is -2.19. The van der Waals surface area contributed by atoms with Gasteiger partial charge in [-0.2, -0.15) is 0 Å². The third-order valence-corrected chi connectivity index (χ3v) is 1.69. The Hall–Kier alpha value is -1.96. The van der Waals surface area contributed by atoms with Gasteiger partial charge in [-0.05, 0) is 40.7 Å². The maximum Gasteiger partial charge on any atom is 0.408 e. The van der Waals surface area contributed by atoms with Crippen molar-refractivity contribution in [3.8, 4) is 11.8 Å². The van der Waals surface area contributed by atoms with Gasteiger partial charge >= 0.3 is 12.1 Å². The monoisotopic (exact) mass is 267 g/mol. The highest BCUT2D eigenvalue weighted by Crippen LogP contribution is 2.06. The molecular formula is C14H21NO4. The molecular weight excluding hydrogens is 246 g/mol. The highest BCUT2D eigenvalue weighted by atomic mass is 16.6. The molecule has 0 aromatic carbocycles. The van der Waals surface area contributed by atoms with E-state index in [-0.39, 0.29) is 6.54 Å². The van der Waals surface area contributed by atoms with E-state index in [9.17, 15) is 9.59 Å². The largest absolute Gasteiger partial charge is 0.444 e. The minimum atomic E-state index is -0.659. The van der Waals surface area contributed by atoms with E-state index in [2.05, 4.69) is 17.2 Å². The average molecular weight is 267 g/mol. The van der Waals surface area contributed by atoms with Crippen LogP contribution in [0.1, 0.15) is 34.6 Å². The van der Waals surface area contributed by atoms with Crippen LogP contribution in [0.15, 0.2) is 12.2 Å². The van der Waals surface area contributed by atoms with E-state index in [1.807, 2.05) is 0 Å². The molecule has 1 N–H and O–H groups in total. The number of allylic oxidation sites excluding steroid dienone is 1. The number of ether oxygens (including phenoxy) is 2. The van der Waals surface area contributed by atoms with Crippen LogP contribution in [0.4, 0.5) is 4.79 Å². The molecule has 5 nitrogen and oxygen atoms in total. The number of nitrogens with one attached hydrogen (secondary N) is 1. The average Bonchev–Trinajstić information content (AvgIpc) is 2.25. The molecule has 0 aliphatic carbocycles. The van der Waals surface area contributed by atoms with Crippen molar-refractivity contribution in [3.05, 3.63) is 12.2 Å². The van der Waals surface area contributed by atoms with Gasteiger partial charge in [0.05, 0.1) is 0 Å². The predicted molar refractivity (Wildman–Crippen MR) is 72.4 cm³/mol. The van der Waals surface area contributed by atoms with Gasteiger partial charge in [0, 0.05) is 0 Å². The lowest BCUT2D eigenvalue weighted by Crippen LogP contribution is -2.36. The molecule has 0 aromatic rings. The molecule has 0 saturated heterocycles. The van der Waals surface area contributed by atoms with Crippen molar-refractivity contribution in [1.82, 2.24) is 5.32 Å². The summed E-state index contributed by atoms with van der Waals surface area (Å²) >= 11 is 0. The second kappa shape index (κ2) is 8.20. The number of hydrogen-bond acceptors (Lipinski definition) is 4. The molecule has 0 spiro atoms. The summed E-state index contributed by atoms with van der Waals surface area (Å²) in [4.78, 5) is 22.8. The van der Waals surface area contributed by atoms with Crippen LogP contribution in [-0.2, 0) is 14.3 Å². The van der Waals surface area contributed by atoms with Crippen LogP contribution in [-0.4, -0.2) is 30.3 Å². The van der Waals surface area contributed by atoms with Gasteiger partial charge in [0.15, 0.2) is 6.10 Å². The summed E-state index contributed by atoms with van der Waals surface area (Å²) in [5, 5.41) is 2.32. The Morgan fingerprint density at radius 1 is 1.37 bits per heavy atom. The molecule has 0 bridgehead atoms. The minimum absolute atomic E-state index is 0.256. The fraction of sp³-hybridized carbons (Fsp3) is 0.571. The molecule has 1 amide bonds. The molecule has 1 unspecified atom stereocenters. The van der Waals surface area contributed by atoms with E-state index < -0.39 is 23.8 Å². The normalized spacial score (nSPS) is 12.3. The second-order valence-corrected chi connectivity index (χ2v) is 4.69. The van der Waals surface area contributed by atoms with Gasteiger partial charge in [0.2, 0.25) is 0 Å². The molecule has 0 radical (unpaired) electrons. The molecule has 0 fully saturated rings. The van der Waals surface area contributed by atoms with Crippen LogP contribution >= 0.6 is 0 Å². The first-order chi connectivity index (χ1) is 8.78. The lowest BCUT2D eigenvalue weighted by molar-refractivity contribution is -0.143. The quantitative estimate of drug-likeness (QED) is 0.481. The van der Waals surface area contributed by atoms with Gasteiger partial charge in [0.25, 0.3) is 0 Å². The van der Waals surface area contributed by atoms with Gasteiger partial charge in [-0.25, -0.2) is 4.79 Å². The number of carbonyl (C=O) groups is 2. The number of amides is 1. The molecule has 0 rings (SSSR count). The zero-order valence-corrected chi connectivity index (χ0v) is 12.1. The van der Waals surface area contributed by atoms with Gasteiger partial charge in [-0.1, -0.05) is 12.0 Å². The van der Waals surface area contributed by atoms with Crippen molar-refractivity contribution in [2.45, 2.75) is 46.3 Å². The molecule has 0 aliphatic rings. The molecule has 0 saturated carbocycles. The van der Waals surface area contributed by atoms with Crippen LogP contribution in [0.5, 0.6) is 0 Å². The molecule has 0 aliphatic heterocycles. The highest BCUT2D eigenvalue weighted by Gasteiger charge is 2.17. The Morgan fingerprint density at radius 2 is 2.00 bits per heavy atom. The van der Waals surface area contributed by atoms with Crippen molar-refractivity contribution in [1.29, 1.82) is 0 Å². The number of rotatable bonds is 4. The Morgan fingerprint density at radius 3 is 2.47 bits per heavy atom. The Kier molecular flexibility index (Phi) is 7.35. The van der Waals surface area contributed by atoms with Gasteiger partial charge in [-0.15, -0.1) is 5.92 Å². The van der Waals surface area contributed by atoms with E-state index >= 15 is 0 Å². The smallest absolute Gasteiger partial charge is 0.408 e. The maximum absolute atomic E-state index is 11.5. The summed E-state index contributed by atoms with van der Waals surface area (Å²) < 4.78 is 10.0. The van der Waals surface area contributed by atoms with Gasteiger partial charge < -0.3 is 14.8 Å². The van der Waals surface area contributed by atoms with Gasteiger partial charge in [0.1, 0.15) is 12.1 Å². The molecule has 5 heteroatoms. The SMILES string of the molecule is CC#CC(/C=C/C)OC(=O)CNC(=O)OC(C)(C)C. The van der Waals surface area contributed by atoms with E-state index in [4.69, 9.17) is 9.47 Å². The van der Waals surface area contributed by atoms with Crippen LogP contribution in [0, 0.1) is 11.8 Å². The van der Waals surface area contributed by atoms with Crippen LogP contribution in [0.3, 0.4) is 0 Å². The predicted octanol–water partition coefficient (Wildman–Crippen LogP) is 2.02. The minimum Gasteiger partial charge on any atom is -0.444 e. The van der Waals surface area contributed by atoms with E-state index in [1.165, 1.54) is 0 Å². The summed E-state index contributed by atoms with van der Waals surface area (Å²) in [5.41, 5.74) is -0.602. The third kappa shape index (κ3) is 9.72. The Balaban J connectivity index is 4.17. The second-order valence-electron chi connectivity index (χ2n) is 4.69. The van der Waals surface area contributed by atoms with Crippen molar-refractivity contribution in [2.75, 3.05) is 6.54 Å². The Bertz CT molecular complexity index is 396. The molecule has 1 atom stereocenters. The summed E-state index contributed by atoms with van der Waals surface area (Å²) in [6, 6.07) is 0. The first-order valence-electron chi connectivity index (χ1n) is 6.00. The van der Waals surface area contributed by atoms with E-state index in [0.29, 0.717) is 0 Å². The van der Waals surface area contributed by atoms with Crippen molar-refractivity contribution in [3.63, 3.8) is 0 Å². The third-order valence-electron chi connectivity index (χ3n) is 1.69. The molecule has 106 valence electrons. The van der Waals surface area contributed by atoms with Crippen LogP contribution < -0.4 is 5.32 Å². The lowest BCUT2D eigenvalue weighted by atomic mass is 10.2. The fourth-order valence-electron chi connectivity index (χ4n) is 1.08. The Labute approximate surface area is 114 Å². The van der Waals surface area contributed by atoms with E-state index in [0.717, 1.165) is 0 Å². The number of alkyl carbamates (subject to hydrolysis) is 1. The number of esters is 1.